The van der Waals surface area contributed by atoms with Crippen LogP contribution in [0.1, 0.15) is 11.1 Å². The number of nitrogens with one attached hydrogen (secondary N) is 1. The lowest BCUT2D eigenvalue weighted by atomic mass is 10.2. The molecule has 2 rings (SSSR count). The number of aryl methyl sites for hydroxylation is 1. The van der Waals surface area contributed by atoms with Gasteiger partial charge in [0.15, 0.2) is 0 Å². The van der Waals surface area contributed by atoms with Gasteiger partial charge in [0.2, 0.25) is 0 Å². The summed E-state index contributed by atoms with van der Waals surface area (Å²) in [6.07, 6.45) is 1.36. The van der Waals surface area contributed by atoms with Crippen LogP contribution in [-0.2, 0) is 0 Å². The van der Waals surface area contributed by atoms with Gasteiger partial charge >= 0.3 is 0 Å². The van der Waals surface area contributed by atoms with E-state index in [1.807, 2.05) is 0 Å². The Hall–Kier alpha value is -1.68. The summed E-state index contributed by atoms with van der Waals surface area (Å²) in [5.74, 6) is 0.320. The average Bonchev–Trinajstić information content (AvgIpc) is 2.30. The van der Waals surface area contributed by atoms with Crippen molar-refractivity contribution in [1.82, 2.24) is 9.97 Å². The van der Waals surface area contributed by atoms with Crippen LogP contribution in [0.5, 0.6) is 0 Å². The predicted octanol–water partition coefficient (Wildman–Crippen LogP) is 3.63. The largest absolute Gasteiger partial charge is 0.340 e. The van der Waals surface area contributed by atoms with Crippen molar-refractivity contribution in [3.05, 3.63) is 46.6 Å². The lowest BCUT2D eigenvalue weighted by molar-refractivity contribution is 0.619. The van der Waals surface area contributed by atoms with E-state index in [4.69, 9.17) is 11.6 Å². The molecule has 1 aromatic carbocycles. The summed E-state index contributed by atoms with van der Waals surface area (Å²) in [5, 5.41) is 3.39. The molecule has 0 fully saturated rings. The van der Waals surface area contributed by atoms with E-state index in [1.54, 1.807) is 26.0 Å². The molecule has 3 nitrogen and oxygen atoms in total. The summed E-state index contributed by atoms with van der Waals surface area (Å²) in [6, 6.07) is 4.91. The van der Waals surface area contributed by atoms with Gasteiger partial charge in [0.05, 0.1) is 0 Å². The van der Waals surface area contributed by atoms with Crippen molar-refractivity contribution in [2.75, 3.05) is 5.32 Å². The number of rotatable bonds is 2. The molecule has 0 saturated carbocycles. The van der Waals surface area contributed by atoms with Gasteiger partial charge in [0, 0.05) is 11.3 Å². The highest BCUT2D eigenvalue weighted by molar-refractivity contribution is 6.30. The minimum Gasteiger partial charge on any atom is -0.340 e. The van der Waals surface area contributed by atoms with Gasteiger partial charge in [-0.25, -0.2) is 14.4 Å². The van der Waals surface area contributed by atoms with Gasteiger partial charge in [-0.05, 0) is 31.5 Å². The second kappa shape index (κ2) is 4.67. The topological polar surface area (TPSA) is 37.8 Å². The lowest BCUT2D eigenvalue weighted by Crippen LogP contribution is -1.98. The lowest BCUT2D eigenvalue weighted by Gasteiger charge is -2.09. The Bertz CT molecular complexity index is 557. The Morgan fingerprint density at radius 3 is 2.71 bits per heavy atom. The molecule has 17 heavy (non-hydrogen) atoms. The molecule has 1 heterocycles. The molecule has 1 aromatic heterocycles. The second-order valence-electron chi connectivity index (χ2n) is 3.73. The van der Waals surface area contributed by atoms with Crippen molar-refractivity contribution in [2.24, 2.45) is 0 Å². The summed E-state index contributed by atoms with van der Waals surface area (Å²) in [7, 11) is 0. The molecular weight excluding hydrogens is 241 g/mol. The van der Waals surface area contributed by atoms with Gasteiger partial charge in [0.25, 0.3) is 0 Å². The van der Waals surface area contributed by atoms with Crippen molar-refractivity contribution in [1.29, 1.82) is 0 Å². The van der Waals surface area contributed by atoms with E-state index in [-0.39, 0.29) is 5.82 Å². The maximum Gasteiger partial charge on any atom is 0.138 e. The first-order valence-corrected chi connectivity index (χ1v) is 5.46. The number of halogens is 2. The van der Waals surface area contributed by atoms with Gasteiger partial charge in [-0.2, -0.15) is 0 Å². The highest BCUT2D eigenvalue weighted by atomic mass is 35.5. The van der Waals surface area contributed by atoms with Crippen LogP contribution in [0.25, 0.3) is 0 Å². The monoisotopic (exact) mass is 251 g/mol. The standard InChI is InChI=1S/C12H11ClFN3/c1-7-3-4-9(5-10(7)14)17-12-8(2)11(13)15-6-16-12/h3-6H,1-2H3,(H,15,16,17). The first-order valence-electron chi connectivity index (χ1n) is 5.08. The van der Waals surface area contributed by atoms with Gasteiger partial charge in [0.1, 0.15) is 23.1 Å². The minimum atomic E-state index is -0.257. The molecule has 2 aromatic rings. The van der Waals surface area contributed by atoms with Crippen molar-refractivity contribution in [3.8, 4) is 0 Å². The molecule has 0 bridgehead atoms. The highest BCUT2D eigenvalue weighted by Gasteiger charge is 2.06. The van der Waals surface area contributed by atoms with Crippen molar-refractivity contribution < 1.29 is 4.39 Å². The Morgan fingerprint density at radius 1 is 1.24 bits per heavy atom. The fraction of sp³-hybridized carbons (Fsp3) is 0.167. The number of aromatic nitrogens is 2. The third kappa shape index (κ3) is 2.53. The van der Waals surface area contributed by atoms with E-state index >= 15 is 0 Å². The van der Waals surface area contributed by atoms with Crippen molar-refractivity contribution in [2.45, 2.75) is 13.8 Å². The SMILES string of the molecule is Cc1ccc(Nc2ncnc(Cl)c2C)cc1F. The first kappa shape index (κ1) is 11.8. The summed E-state index contributed by atoms with van der Waals surface area (Å²) >= 11 is 5.87. The smallest absolute Gasteiger partial charge is 0.138 e. The molecule has 88 valence electrons. The summed E-state index contributed by atoms with van der Waals surface area (Å²) in [6.45, 7) is 3.52. The zero-order chi connectivity index (χ0) is 12.4. The summed E-state index contributed by atoms with van der Waals surface area (Å²) < 4.78 is 13.4. The van der Waals surface area contributed by atoms with Crippen molar-refractivity contribution >= 4 is 23.1 Å². The van der Waals surface area contributed by atoms with E-state index in [0.29, 0.717) is 22.2 Å². The number of anilines is 2. The van der Waals surface area contributed by atoms with Gasteiger partial charge < -0.3 is 5.32 Å². The van der Waals surface area contributed by atoms with Crippen LogP contribution >= 0.6 is 11.6 Å². The fourth-order valence-electron chi connectivity index (χ4n) is 1.36. The summed E-state index contributed by atoms with van der Waals surface area (Å²) in [4.78, 5) is 7.91. The third-order valence-electron chi connectivity index (χ3n) is 2.46. The van der Waals surface area contributed by atoms with E-state index in [1.165, 1.54) is 12.4 Å². The number of hydrogen-bond donors (Lipinski definition) is 1. The Kier molecular flexibility index (Phi) is 3.24. The molecule has 0 aliphatic rings. The molecule has 1 N–H and O–H groups in total. The van der Waals surface area contributed by atoms with Crippen LogP contribution in [0.4, 0.5) is 15.9 Å². The molecule has 0 spiro atoms. The van der Waals surface area contributed by atoms with E-state index in [9.17, 15) is 4.39 Å². The molecule has 0 aliphatic carbocycles. The van der Waals surface area contributed by atoms with Crippen LogP contribution in [0.2, 0.25) is 5.15 Å². The molecule has 0 radical (unpaired) electrons. The van der Waals surface area contributed by atoms with E-state index in [2.05, 4.69) is 15.3 Å². The molecule has 0 amide bonds. The Morgan fingerprint density at radius 2 is 2.00 bits per heavy atom. The maximum absolute atomic E-state index is 13.4. The Balaban J connectivity index is 2.31. The fourth-order valence-corrected chi connectivity index (χ4v) is 1.50. The Labute approximate surface area is 104 Å². The first-order chi connectivity index (χ1) is 8.08. The average molecular weight is 252 g/mol. The van der Waals surface area contributed by atoms with Crippen LogP contribution in [-0.4, -0.2) is 9.97 Å². The predicted molar refractivity (Wildman–Crippen MR) is 66.2 cm³/mol. The van der Waals surface area contributed by atoms with Crippen LogP contribution in [0.15, 0.2) is 24.5 Å². The van der Waals surface area contributed by atoms with Crippen LogP contribution < -0.4 is 5.32 Å². The van der Waals surface area contributed by atoms with Gasteiger partial charge in [-0.15, -0.1) is 0 Å². The molecule has 0 atom stereocenters. The summed E-state index contributed by atoms with van der Waals surface area (Å²) in [5.41, 5.74) is 1.97. The van der Waals surface area contributed by atoms with Gasteiger partial charge in [-0.1, -0.05) is 17.7 Å². The van der Waals surface area contributed by atoms with E-state index in [0.717, 1.165) is 5.56 Å². The third-order valence-corrected chi connectivity index (χ3v) is 2.84. The van der Waals surface area contributed by atoms with Crippen LogP contribution in [0, 0.1) is 19.7 Å². The normalized spacial score (nSPS) is 10.4. The molecule has 0 saturated heterocycles. The zero-order valence-corrected chi connectivity index (χ0v) is 10.2. The van der Waals surface area contributed by atoms with Gasteiger partial charge in [-0.3, -0.25) is 0 Å². The molecule has 0 aliphatic heterocycles. The zero-order valence-electron chi connectivity index (χ0n) is 9.46. The van der Waals surface area contributed by atoms with Crippen LogP contribution in [0.3, 0.4) is 0 Å². The minimum absolute atomic E-state index is 0.257. The maximum atomic E-state index is 13.4. The molecular formula is C12H11ClFN3. The van der Waals surface area contributed by atoms with Crippen molar-refractivity contribution in [3.63, 3.8) is 0 Å². The quantitative estimate of drug-likeness (QED) is 0.829. The van der Waals surface area contributed by atoms with E-state index < -0.39 is 0 Å². The molecule has 0 unspecified atom stereocenters. The second-order valence-corrected chi connectivity index (χ2v) is 4.09. The number of hydrogen-bond acceptors (Lipinski definition) is 3. The molecule has 5 heteroatoms. The highest BCUT2D eigenvalue weighted by Crippen LogP contribution is 2.23. The number of nitrogens with zero attached hydrogens (tertiary/aromatic N) is 2. The number of benzene rings is 1.